The van der Waals surface area contributed by atoms with Gasteiger partial charge in [0.2, 0.25) is 0 Å². The molecule has 7 N–H and O–H groups in total. The fourth-order valence-corrected chi connectivity index (χ4v) is 3.20. The molecule has 4 atom stereocenters. The molecule has 1 saturated heterocycles. The van der Waals surface area contributed by atoms with Crippen molar-refractivity contribution < 1.29 is 43.6 Å². The maximum atomic E-state index is 13.3. The molecule has 0 aliphatic carbocycles. The molecule has 12 nitrogen and oxygen atoms in total. The summed E-state index contributed by atoms with van der Waals surface area (Å²) in [6, 6.07) is 6.01. The maximum Gasteiger partial charge on any atom is 0.674 e. The van der Waals surface area contributed by atoms with Crippen molar-refractivity contribution in [2.45, 2.75) is 31.1 Å². The highest BCUT2D eigenvalue weighted by Gasteiger charge is 2.44. The molecule has 15 heteroatoms. The van der Waals surface area contributed by atoms with Crippen molar-refractivity contribution in [2.24, 2.45) is 10.7 Å². The van der Waals surface area contributed by atoms with E-state index in [2.05, 4.69) is 9.98 Å². The zero-order valence-corrected chi connectivity index (χ0v) is 16.6. The summed E-state index contributed by atoms with van der Waals surface area (Å²) in [6.07, 6.45) is -2.97. The van der Waals surface area contributed by atoms with Crippen molar-refractivity contribution in [3.8, 4) is 0 Å². The van der Waals surface area contributed by atoms with Crippen LogP contribution in [0.15, 0.2) is 35.6 Å². The van der Waals surface area contributed by atoms with E-state index in [1.165, 1.54) is 28.1 Å². The highest BCUT2D eigenvalue weighted by Crippen LogP contribution is 2.27. The molecular weight excluding hydrogens is 435 g/mol. The van der Waals surface area contributed by atoms with E-state index < -0.39 is 38.5 Å². The van der Waals surface area contributed by atoms with Gasteiger partial charge in [0, 0.05) is 0 Å². The average molecular weight is 457 g/mol. The average Bonchev–Trinajstić information content (AvgIpc) is 3.29. The number of nitrogens with zero attached hydrogens (tertiary/aromatic N) is 4. The lowest BCUT2D eigenvalue weighted by Gasteiger charge is -2.24. The Morgan fingerprint density at radius 2 is 2.00 bits per heavy atom. The number of rotatable bonds is 5. The molecule has 32 heavy (non-hydrogen) atoms. The Hall–Kier alpha value is -2.66. The summed E-state index contributed by atoms with van der Waals surface area (Å²) in [5.74, 6) is -0.159. The predicted molar refractivity (Wildman–Crippen MR) is 103 cm³/mol. The van der Waals surface area contributed by atoms with Crippen molar-refractivity contribution in [3.05, 3.63) is 52.8 Å². The number of benzene rings is 1. The van der Waals surface area contributed by atoms with Gasteiger partial charge in [0.1, 0.15) is 42.8 Å². The van der Waals surface area contributed by atoms with Crippen molar-refractivity contribution >= 4 is 13.2 Å². The third kappa shape index (κ3) is 5.21. The molecule has 1 fully saturated rings. The normalized spacial score (nSPS) is 24.5. The van der Waals surface area contributed by atoms with E-state index in [-0.39, 0.29) is 24.9 Å². The van der Waals surface area contributed by atoms with Gasteiger partial charge in [-0.1, -0.05) is 12.1 Å². The first-order chi connectivity index (χ1) is 15.2. The van der Waals surface area contributed by atoms with Crippen molar-refractivity contribution in [3.63, 3.8) is 0 Å². The molecule has 1 aromatic carbocycles. The number of hydrogen-bond donors (Lipinski definition) is 6. The third-order valence-electron chi connectivity index (χ3n) is 4.70. The lowest BCUT2D eigenvalue weighted by molar-refractivity contribution is -0.124. The highest BCUT2D eigenvalue weighted by molar-refractivity contribution is 6.31. The first-order valence-corrected chi connectivity index (χ1v) is 9.37. The SMILES string of the molecule is NC1=c2ncn([C@@H]3O[C@H](CO)[C@@H](O)[C@H]3O)c2=NCN1OCc1cccc(F)c1.OB(O)F. The van der Waals surface area contributed by atoms with Crippen LogP contribution in [0.2, 0.25) is 0 Å². The molecule has 0 saturated carbocycles. The molecule has 0 radical (unpaired) electrons. The van der Waals surface area contributed by atoms with Gasteiger partial charge >= 0.3 is 7.40 Å². The second kappa shape index (κ2) is 10.3. The monoisotopic (exact) mass is 457 g/mol. The third-order valence-corrected chi connectivity index (χ3v) is 4.70. The van der Waals surface area contributed by atoms with Gasteiger partial charge < -0.3 is 35.8 Å². The minimum atomic E-state index is -2.67. The van der Waals surface area contributed by atoms with Crippen molar-refractivity contribution in [1.29, 1.82) is 0 Å². The number of aromatic nitrogens is 2. The van der Waals surface area contributed by atoms with E-state index in [0.29, 0.717) is 16.4 Å². The number of hydrogen-bond acceptors (Lipinski definition) is 11. The summed E-state index contributed by atoms with van der Waals surface area (Å²) in [7, 11) is -2.67. The molecular formula is C17H22BF2N5O7. The second-order valence-corrected chi connectivity index (χ2v) is 6.83. The quantitative estimate of drug-likeness (QED) is 0.248. The summed E-state index contributed by atoms with van der Waals surface area (Å²) in [5.41, 5.74) is 7.12. The molecule has 4 rings (SSSR count). The minimum absolute atomic E-state index is 0.0502. The number of nitrogens with two attached hydrogens (primary N) is 1. The Labute approximate surface area is 180 Å². The fourth-order valence-electron chi connectivity index (χ4n) is 3.20. The number of halogens is 2. The topological polar surface area (TPSA) is 179 Å². The largest absolute Gasteiger partial charge is 0.674 e. The van der Waals surface area contributed by atoms with Crippen LogP contribution >= 0.6 is 0 Å². The molecule has 2 aliphatic rings. The highest BCUT2D eigenvalue weighted by atomic mass is 19.1. The van der Waals surface area contributed by atoms with E-state index in [9.17, 15) is 24.0 Å². The Kier molecular flexibility index (Phi) is 7.73. The fraction of sp³-hybridized carbons (Fsp3) is 0.412. The lowest BCUT2D eigenvalue weighted by Crippen LogP contribution is -2.47. The first kappa shape index (κ1) is 24.0. The van der Waals surface area contributed by atoms with Crippen LogP contribution in [0.1, 0.15) is 11.8 Å². The van der Waals surface area contributed by atoms with Crippen LogP contribution in [0.25, 0.3) is 5.82 Å². The number of aliphatic hydroxyl groups is 3. The van der Waals surface area contributed by atoms with Gasteiger partial charge in [-0.05, 0) is 17.7 Å². The van der Waals surface area contributed by atoms with Gasteiger partial charge in [0.05, 0.1) is 12.9 Å². The van der Waals surface area contributed by atoms with Crippen LogP contribution in [-0.4, -0.2) is 79.0 Å². The number of aliphatic hydroxyl groups excluding tert-OH is 3. The molecule has 0 spiro atoms. The Morgan fingerprint density at radius 3 is 2.62 bits per heavy atom. The smallest absolute Gasteiger partial charge is 0.398 e. The van der Waals surface area contributed by atoms with E-state index in [1.807, 2.05) is 0 Å². The second-order valence-electron chi connectivity index (χ2n) is 6.83. The molecule has 2 aliphatic heterocycles. The van der Waals surface area contributed by atoms with Gasteiger partial charge in [0.15, 0.2) is 17.5 Å². The zero-order chi connectivity index (χ0) is 23.4. The van der Waals surface area contributed by atoms with Gasteiger partial charge in [-0.3, -0.25) is 13.7 Å². The molecule has 2 aromatic rings. The number of fused-ring (bicyclic) bond motifs is 1. The minimum Gasteiger partial charge on any atom is -0.398 e. The molecule has 0 unspecified atom stereocenters. The van der Waals surface area contributed by atoms with Crippen LogP contribution in [0, 0.1) is 5.82 Å². The molecule has 1 aromatic heterocycles. The summed E-state index contributed by atoms with van der Waals surface area (Å²) in [5, 5.41) is 44.9. The summed E-state index contributed by atoms with van der Waals surface area (Å²) < 4.78 is 30.3. The van der Waals surface area contributed by atoms with Crippen LogP contribution in [0.5, 0.6) is 0 Å². The van der Waals surface area contributed by atoms with E-state index >= 15 is 0 Å². The van der Waals surface area contributed by atoms with Gasteiger partial charge in [-0.2, -0.15) is 0 Å². The number of hydroxylamine groups is 2. The summed E-state index contributed by atoms with van der Waals surface area (Å²) >= 11 is 0. The Morgan fingerprint density at radius 1 is 1.28 bits per heavy atom. The predicted octanol–water partition coefficient (Wildman–Crippen LogP) is -3.39. The zero-order valence-electron chi connectivity index (χ0n) is 16.6. The first-order valence-electron chi connectivity index (χ1n) is 9.37. The van der Waals surface area contributed by atoms with E-state index in [4.69, 9.17) is 25.4 Å². The molecule has 174 valence electrons. The van der Waals surface area contributed by atoms with Crippen LogP contribution < -0.4 is 16.6 Å². The van der Waals surface area contributed by atoms with Crippen molar-refractivity contribution in [1.82, 2.24) is 14.6 Å². The summed E-state index contributed by atoms with van der Waals surface area (Å²) in [4.78, 5) is 14.2. The Bertz CT molecular complexity index is 1040. The van der Waals surface area contributed by atoms with Crippen LogP contribution in [0.3, 0.4) is 0 Å². The molecule has 0 amide bonds. The maximum absolute atomic E-state index is 13.3. The standard InChI is InChI=1S/C17H20FN5O5.BFH2O2/c18-10-3-1-2-9(4-10)6-27-23-8-21-16-12(15(23)19)20-7-22(16)17-14(26)13(25)11(5-24)28-17;2-1(3)4/h1-4,7,11,13-14,17,24-26H,5-6,8,19H2;3-4H/t11-,13-,14-,17-;/m1./s1. The lowest BCUT2D eigenvalue weighted by atomic mass is 10.1. The van der Waals surface area contributed by atoms with Crippen LogP contribution in [-0.2, 0) is 16.2 Å². The summed E-state index contributed by atoms with van der Waals surface area (Å²) in [6.45, 7) is -0.286. The molecule has 3 heterocycles. The van der Waals surface area contributed by atoms with Gasteiger partial charge in [-0.25, -0.2) is 19.4 Å². The van der Waals surface area contributed by atoms with Crippen molar-refractivity contribution in [2.75, 3.05) is 13.3 Å². The van der Waals surface area contributed by atoms with Gasteiger partial charge in [0.25, 0.3) is 0 Å². The van der Waals surface area contributed by atoms with E-state index in [0.717, 1.165) is 0 Å². The Balaban J connectivity index is 0.000000668. The number of imidazole rings is 1. The van der Waals surface area contributed by atoms with Gasteiger partial charge in [-0.15, -0.1) is 0 Å². The van der Waals surface area contributed by atoms with Crippen LogP contribution in [0.4, 0.5) is 8.71 Å². The molecule has 0 bridgehead atoms. The number of ether oxygens (including phenoxy) is 1. The van der Waals surface area contributed by atoms with E-state index in [1.54, 1.807) is 12.1 Å².